The Morgan fingerprint density at radius 3 is 2.44 bits per heavy atom. The second-order valence-electron chi connectivity index (χ2n) is 9.75. The van der Waals surface area contributed by atoms with Gasteiger partial charge in [-0.3, -0.25) is 0 Å². The van der Waals surface area contributed by atoms with Crippen LogP contribution in [0, 0.1) is 0 Å². The largest absolute Gasteiger partial charge is 0.508 e. The van der Waals surface area contributed by atoms with Crippen molar-refractivity contribution in [1.82, 2.24) is 4.90 Å². The van der Waals surface area contributed by atoms with Crippen molar-refractivity contribution in [2.45, 2.75) is 44.4 Å². The minimum Gasteiger partial charge on any atom is -0.508 e. The van der Waals surface area contributed by atoms with Gasteiger partial charge in [0.1, 0.15) is 11.5 Å². The standard InChI is InChI=1S/C30H38N2O2/c1-32(2)18-16-23-8-6-22(7-9-23)5-4-17-31-30-21-28(34-3)14-15-29(30)26-11-10-25-20-27(33)13-12-24(25)19-26/h6-9,12-15,20-21,26,31,33H,4-5,10-11,16-19H2,1-3H3/t26-/m0/s1. The van der Waals surface area contributed by atoms with Crippen LogP contribution in [0.5, 0.6) is 11.5 Å². The SMILES string of the molecule is COc1ccc([C@H]2CCc3cc(O)ccc3C2)c(NCCCc2ccc(CCN(C)C)cc2)c1. The fourth-order valence-corrected chi connectivity index (χ4v) is 4.92. The predicted octanol–water partition coefficient (Wildman–Crippen LogP) is 5.82. The summed E-state index contributed by atoms with van der Waals surface area (Å²) in [6.45, 7) is 2.01. The molecule has 0 saturated heterocycles. The molecule has 1 aliphatic carbocycles. The summed E-state index contributed by atoms with van der Waals surface area (Å²) in [5.74, 6) is 1.73. The molecule has 0 aliphatic heterocycles. The molecular formula is C30H38N2O2. The van der Waals surface area contributed by atoms with Crippen LogP contribution in [0.4, 0.5) is 5.69 Å². The number of hydrogen-bond donors (Lipinski definition) is 2. The zero-order valence-corrected chi connectivity index (χ0v) is 20.8. The molecule has 4 nitrogen and oxygen atoms in total. The average Bonchev–Trinajstić information content (AvgIpc) is 2.85. The first-order valence-electron chi connectivity index (χ1n) is 12.5. The van der Waals surface area contributed by atoms with E-state index in [4.69, 9.17) is 4.74 Å². The molecule has 0 fully saturated rings. The summed E-state index contributed by atoms with van der Waals surface area (Å²) in [5, 5.41) is 13.5. The van der Waals surface area contributed by atoms with Gasteiger partial charge in [0.15, 0.2) is 0 Å². The Hall–Kier alpha value is -2.98. The number of aromatic hydroxyl groups is 1. The highest BCUT2D eigenvalue weighted by Gasteiger charge is 2.23. The highest BCUT2D eigenvalue weighted by molar-refractivity contribution is 5.57. The number of rotatable bonds is 10. The number of fused-ring (bicyclic) bond motifs is 1. The maximum absolute atomic E-state index is 9.81. The van der Waals surface area contributed by atoms with E-state index in [1.54, 1.807) is 7.11 Å². The van der Waals surface area contributed by atoms with Crippen molar-refractivity contribution < 1.29 is 9.84 Å². The lowest BCUT2D eigenvalue weighted by molar-refractivity contribution is 0.413. The Morgan fingerprint density at radius 1 is 0.941 bits per heavy atom. The maximum atomic E-state index is 9.81. The van der Waals surface area contributed by atoms with Gasteiger partial charge >= 0.3 is 0 Å². The third-order valence-electron chi connectivity index (χ3n) is 6.95. The van der Waals surface area contributed by atoms with E-state index >= 15 is 0 Å². The van der Waals surface area contributed by atoms with Crippen LogP contribution in [0.3, 0.4) is 0 Å². The number of benzene rings is 3. The van der Waals surface area contributed by atoms with Crippen molar-refractivity contribution in [3.05, 3.63) is 88.5 Å². The summed E-state index contributed by atoms with van der Waals surface area (Å²) in [5.41, 5.74) is 7.99. The van der Waals surface area contributed by atoms with Gasteiger partial charge in [-0.1, -0.05) is 36.4 Å². The molecule has 0 aromatic heterocycles. The number of phenolic OH excluding ortho intramolecular Hbond substituents is 1. The highest BCUT2D eigenvalue weighted by atomic mass is 16.5. The second-order valence-corrected chi connectivity index (χ2v) is 9.75. The molecule has 2 N–H and O–H groups in total. The Labute approximate surface area is 204 Å². The third-order valence-corrected chi connectivity index (χ3v) is 6.95. The molecule has 3 aromatic carbocycles. The van der Waals surface area contributed by atoms with E-state index in [9.17, 15) is 5.11 Å². The number of ether oxygens (including phenoxy) is 1. The van der Waals surface area contributed by atoms with Gasteiger partial charge in [-0.2, -0.15) is 0 Å². The van der Waals surface area contributed by atoms with Crippen LogP contribution >= 0.6 is 0 Å². The fraction of sp³-hybridized carbons (Fsp3) is 0.400. The Kier molecular flexibility index (Phi) is 8.12. The number of nitrogens with one attached hydrogen (secondary N) is 1. The van der Waals surface area contributed by atoms with Gasteiger partial charge in [0, 0.05) is 24.8 Å². The van der Waals surface area contributed by atoms with Crippen molar-refractivity contribution in [2.75, 3.05) is 39.6 Å². The van der Waals surface area contributed by atoms with Crippen LogP contribution in [0.25, 0.3) is 0 Å². The molecule has 0 spiro atoms. The monoisotopic (exact) mass is 458 g/mol. The lowest BCUT2D eigenvalue weighted by Gasteiger charge is -2.27. The van der Waals surface area contributed by atoms with Crippen LogP contribution in [-0.4, -0.2) is 44.3 Å². The highest BCUT2D eigenvalue weighted by Crippen LogP contribution is 2.38. The lowest BCUT2D eigenvalue weighted by atomic mass is 9.79. The van der Waals surface area contributed by atoms with Crippen molar-refractivity contribution in [3.63, 3.8) is 0 Å². The Bertz CT molecular complexity index is 1080. The number of nitrogens with zero attached hydrogens (tertiary/aromatic N) is 1. The number of phenols is 1. The molecule has 0 radical (unpaired) electrons. The summed E-state index contributed by atoms with van der Waals surface area (Å²) in [4.78, 5) is 2.23. The van der Waals surface area contributed by atoms with Crippen LogP contribution in [0.2, 0.25) is 0 Å². The zero-order chi connectivity index (χ0) is 23.9. The summed E-state index contributed by atoms with van der Waals surface area (Å²) < 4.78 is 5.52. The zero-order valence-electron chi connectivity index (χ0n) is 20.8. The number of hydrogen-bond acceptors (Lipinski definition) is 4. The normalized spacial score (nSPS) is 15.2. The molecular weight excluding hydrogens is 420 g/mol. The molecule has 3 aromatic rings. The van der Waals surface area contributed by atoms with Gasteiger partial charge in [-0.15, -0.1) is 0 Å². The number of likely N-dealkylation sites (N-methyl/N-ethyl adjacent to an activating group) is 1. The fourth-order valence-electron chi connectivity index (χ4n) is 4.92. The third kappa shape index (κ3) is 6.32. The van der Waals surface area contributed by atoms with E-state index < -0.39 is 0 Å². The predicted molar refractivity (Wildman–Crippen MR) is 141 cm³/mol. The molecule has 1 atom stereocenters. The molecule has 4 rings (SSSR count). The van der Waals surface area contributed by atoms with Gasteiger partial charge in [0.25, 0.3) is 0 Å². The first-order chi connectivity index (χ1) is 16.5. The van der Waals surface area contributed by atoms with Crippen LogP contribution in [-0.2, 0) is 25.7 Å². The van der Waals surface area contributed by atoms with Crippen LogP contribution in [0.15, 0.2) is 60.7 Å². The molecule has 0 saturated carbocycles. The van der Waals surface area contributed by atoms with E-state index in [-0.39, 0.29) is 0 Å². The molecule has 1 aliphatic rings. The Morgan fingerprint density at radius 2 is 1.71 bits per heavy atom. The first kappa shape index (κ1) is 24.2. The molecule has 180 valence electrons. The second kappa shape index (κ2) is 11.4. The lowest BCUT2D eigenvalue weighted by Crippen LogP contribution is -2.15. The van der Waals surface area contributed by atoms with E-state index in [1.165, 1.54) is 33.5 Å². The number of methoxy groups -OCH3 is 1. The van der Waals surface area contributed by atoms with Crippen molar-refractivity contribution in [1.29, 1.82) is 0 Å². The van der Waals surface area contributed by atoms with E-state index in [0.29, 0.717) is 11.7 Å². The van der Waals surface area contributed by atoms with E-state index in [0.717, 1.165) is 57.4 Å². The molecule has 4 heteroatoms. The minimum absolute atomic E-state index is 0.368. The van der Waals surface area contributed by atoms with Crippen LogP contribution in [0.1, 0.15) is 46.6 Å². The van der Waals surface area contributed by atoms with Crippen LogP contribution < -0.4 is 10.1 Å². The number of aryl methyl sites for hydroxylation is 2. The van der Waals surface area contributed by atoms with Crippen molar-refractivity contribution >= 4 is 5.69 Å². The molecule has 0 bridgehead atoms. The van der Waals surface area contributed by atoms with Gasteiger partial charge in [-0.05, 0) is 105 Å². The van der Waals surface area contributed by atoms with E-state index in [2.05, 4.69) is 72.8 Å². The van der Waals surface area contributed by atoms with Gasteiger partial charge < -0.3 is 20.1 Å². The topological polar surface area (TPSA) is 44.7 Å². The van der Waals surface area contributed by atoms with Gasteiger partial charge in [0.2, 0.25) is 0 Å². The molecule has 0 heterocycles. The van der Waals surface area contributed by atoms with Gasteiger partial charge in [-0.25, -0.2) is 0 Å². The summed E-state index contributed by atoms with van der Waals surface area (Å²) in [6.07, 6.45) is 6.36. The average molecular weight is 459 g/mol. The summed E-state index contributed by atoms with van der Waals surface area (Å²) in [7, 11) is 5.96. The summed E-state index contributed by atoms with van der Waals surface area (Å²) in [6, 6.07) is 21.4. The molecule has 0 unspecified atom stereocenters. The van der Waals surface area contributed by atoms with Crippen molar-refractivity contribution in [2.24, 2.45) is 0 Å². The number of anilines is 1. The maximum Gasteiger partial charge on any atom is 0.120 e. The quantitative estimate of drug-likeness (QED) is 0.376. The van der Waals surface area contributed by atoms with E-state index in [1.807, 2.05) is 12.1 Å². The molecule has 0 amide bonds. The first-order valence-corrected chi connectivity index (χ1v) is 12.5. The van der Waals surface area contributed by atoms with Crippen molar-refractivity contribution in [3.8, 4) is 11.5 Å². The Balaban J connectivity index is 1.36. The van der Waals surface area contributed by atoms with Gasteiger partial charge in [0.05, 0.1) is 7.11 Å². The minimum atomic E-state index is 0.368. The molecule has 34 heavy (non-hydrogen) atoms. The smallest absolute Gasteiger partial charge is 0.120 e. The summed E-state index contributed by atoms with van der Waals surface area (Å²) >= 11 is 0.